The van der Waals surface area contributed by atoms with Gasteiger partial charge in [0.15, 0.2) is 11.5 Å². The molecular weight excluding hydrogens is 312 g/mol. The van der Waals surface area contributed by atoms with E-state index in [1.165, 1.54) is 0 Å². The van der Waals surface area contributed by atoms with Crippen LogP contribution in [0.3, 0.4) is 0 Å². The molecular formula is C16H22N4O4. The quantitative estimate of drug-likeness (QED) is 0.745. The number of anilines is 1. The summed E-state index contributed by atoms with van der Waals surface area (Å²) in [5, 5.41) is 5.78. The predicted molar refractivity (Wildman–Crippen MR) is 88.2 cm³/mol. The normalized spacial score (nSPS) is 19.5. The molecule has 8 heteroatoms. The van der Waals surface area contributed by atoms with Gasteiger partial charge in [-0.05, 0) is 25.0 Å². The van der Waals surface area contributed by atoms with Gasteiger partial charge in [-0.1, -0.05) is 0 Å². The highest BCUT2D eigenvalue weighted by atomic mass is 16.6. The van der Waals surface area contributed by atoms with Crippen LogP contribution >= 0.6 is 0 Å². The summed E-state index contributed by atoms with van der Waals surface area (Å²) in [6, 6.07) is 5.22. The van der Waals surface area contributed by atoms with Gasteiger partial charge in [0.2, 0.25) is 5.91 Å². The summed E-state index contributed by atoms with van der Waals surface area (Å²) in [5.41, 5.74) is 5.94. The molecule has 1 saturated heterocycles. The Bertz CT molecular complexity index is 622. The third-order valence-corrected chi connectivity index (χ3v) is 4.10. The fourth-order valence-electron chi connectivity index (χ4n) is 2.96. The first-order valence-corrected chi connectivity index (χ1v) is 8.09. The number of rotatable bonds is 4. The molecule has 3 amide bonds. The van der Waals surface area contributed by atoms with Gasteiger partial charge >= 0.3 is 6.03 Å². The fourth-order valence-corrected chi connectivity index (χ4v) is 2.96. The molecule has 0 aromatic heterocycles. The number of hydrogen-bond donors (Lipinski definition) is 3. The van der Waals surface area contributed by atoms with E-state index in [1.807, 2.05) is 18.2 Å². The van der Waals surface area contributed by atoms with Gasteiger partial charge in [-0.25, -0.2) is 4.79 Å². The molecule has 1 atom stereocenters. The van der Waals surface area contributed by atoms with Crippen molar-refractivity contribution in [1.29, 1.82) is 0 Å². The molecule has 0 spiro atoms. The first kappa shape index (κ1) is 16.2. The summed E-state index contributed by atoms with van der Waals surface area (Å²) in [7, 11) is 0. The molecule has 0 saturated carbocycles. The van der Waals surface area contributed by atoms with Gasteiger partial charge in [-0.3, -0.25) is 4.79 Å². The number of primary amides is 1. The molecule has 1 aromatic carbocycles. The molecule has 0 unspecified atom stereocenters. The minimum absolute atomic E-state index is 0.0634. The van der Waals surface area contributed by atoms with Crippen LogP contribution in [0.5, 0.6) is 11.5 Å². The first-order valence-electron chi connectivity index (χ1n) is 8.09. The highest BCUT2D eigenvalue weighted by Gasteiger charge is 2.24. The van der Waals surface area contributed by atoms with Gasteiger partial charge in [-0.2, -0.15) is 0 Å². The summed E-state index contributed by atoms with van der Waals surface area (Å²) < 4.78 is 11.1. The molecule has 3 rings (SSSR count). The van der Waals surface area contributed by atoms with Gasteiger partial charge in [0.05, 0.1) is 6.54 Å². The topological polar surface area (TPSA) is 106 Å². The minimum atomic E-state index is -0.689. The second-order valence-electron chi connectivity index (χ2n) is 5.90. The molecule has 4 N–H and O–H groups in total. The second kappa shape index (κ2) is 7.29. The molecule has 2 heterocycles. The van der Waals surface area contributed by atoms with Gasteiger partial charge < -0.3 is 30.7 Å². The molecule has 24 heavy (non-hydrogen) atoms. The van der Waals surface area contributed by atoms with Crippen LogP contribution in [-0.2, 0) is 4.79 Å². The number of carbonyl (C=O) groups is 2. The number of urea groups is 1. The minimum Gasteiger partial charge on any atom is -0.486 e. The zero-order valence-corrected chi connectivity index (χ0v) is 13.4. The average Bonchev–Trinajstić information content (AvgIpc) is 2.60. The third kappa shape index (κ3) is 4.01. The number of benzene rings is 1. The summed E-state index contributed by atoms with van der Waals surface area (Å²) in [4.78, 5) is 24.5. The fraction of sp³-hybridized carbons (Fsp3) is 0.500. The number of fused-ring (bicyclic) bond motifs is 1. The molecule has 0 aliphatic carbocycles. The Morgan fingerprint density at radius 1 is 1.25 bits per heavy atom. The lowest BCUT2D eigenvalue weighted by Gasteiger charge is -2.34. The predicted octanol–water partition coefficient (Wildman–Crippen LogP) is 0.529. The molecule has 2 aliphatic heterocycles. The van der Waals surface area contributed by atoms with Crippen LogP contribution in [0.2, 0.25) is 0 Å². The Morgan fingerprint density at radius 3 is 2.83 bits per heavy atom. The number of piperidine rings is 1. The largest absolute Gasteiger partial charge is 0.486 e. The van der Waals surface area contributed by atoms with Gasteiger partial charge in [-0.15, -0.1) is 0 Å². The van der Waals surface area contributed by atoms with Crippen molar-refractivity contribution in [1.82, 2.24) is 10.2 Å². The van der Waals surface area contributed by atoms with E-state index in [9.17, 15) is 9.59 Å². The van der Waals surface area contributed by atoms with Crippen molar-refractivity contribution in [3.8, 4) is 11.5 Å². The van der Waals surface area contributed by atoms with Crippen molar-refractivity contribution in [3.05, 3.63) is 18.2 Å². The molecule has 2 aliphatic rings. The maximum absolute atomic E-state index is 12.1. The van der Waals surface area contributed by atoms with E-state index in [4.69, 9.17) is 15.2 Å². The Labute approximate surface area is 140 Å². The Morgan fingerprint density at radius 2 is 2.04 bits per heavy atom. The lowest BCUT2D eigenvalue weighted by molar-refractivity contribution is -0.131. The van der Waals surface area contributed by atoms with E-state index in [1.54, 1.807) is 4.90 Å². The Balaban J connectivity index is 1.57. The summed E-state index contributed by atoms with van der Waals surface area (Å²) in [5.74, 6) is 1.37. The van der Waals surface area contributed by atoms with Gasteiger partial charge in [0.25, 0.3) is 0 Å². The number of carbonyl (C=O) groups excluding carboxylic acids is 2. The maximum atomic E-state index is 12.1. The molecule has 0 bridgehead atoms. The first-order chi connectivity index (χ1) is 11.6. The van der Waals surface area contributed by atoms with Crippen LogP contribution in [0.25, 0.3) is 0 Å². The van der Waals surface area contributed by atoms with Crippen LogP contribution in [0, 0.1) is 0 Å². The maximum Gasteiger partial charge on any atom is 0.312 e. The monoisotopic (exact) mass is 334 g/mol. The zero-order valence-electron chi connectivity index (χ0n) is 13.4. The van der Waals surface area contributed by atoms with Crippen LogP contribution < -0.4 is 25.8 Å². The van der Waals surface area contributed by atoms with Crippen molar-refractivity contribution in [2.24, 2.45) is 5.73 Å². The molecule has 8 nitrogen and oxygen atoms in total. The third-order valence-electron chi connectivity index (χ3n) is 4.10. The number of amides is 3. The summed E-state index contributed by atoms with van der Waals surface area (Å²) >= 11 is 0. The van der Waals surface area contributed by atoms with Crippen LogP contribution in [0.1, 0.15) is 12.8 Å². The van der Waals surface area contributed by atoms with E-state index in [0.717, 1.165) is 30.0 Å². The lowest BCUT2D eigenvalue weighted by Crippen LogP contribution is -2.49. The van der Waals surface area contributed by atoms with Crippen molar-refractivity contribution < 1.29 is 19.1 Å². The van der Waals surface area contributed by atoms with E-state index in [2.05, 4.69) is 10.6 Å². The molecule has 0 radical (unpaired) electrons. The number of nitrogens with two attached hydrogens (primary N) is 1. The highest BCUT2D eigenvalue weighted by Crippen LogP contribution is 2.33. The lowest BCUT2D eigenvalue weighted by atomic mass is 10.0. The van der Waals surface area contributed by atoms with Crippen LogP contribution in [-0.4, -0.2) is 55.7 Å². The average molecular weight is 334 g/mol. The number of ether oxygens (including phenoxy) is 2. The van der Waals surface area contributed by atoms with Gasteiger partial charge in [0.1, 0.15) is 13.2 Å². The van der Waals surface area contributed by atoms with Gasteiger partial charge in [0, 0.05) is 30.9 Å². The summed E-state index contributed by atoms with van der Waals surface area (Å²) in [6.45, 7) is 2.34. The van der Waals surface area contributed by atoms with E-state index in [0.29, 0.717) is 26.3 Å². The van der Waals surface area contributed by atoms with Crippen LogP contribution in [0.4, 0.5) is 10.5 Å². The molecule has 1 fully saturated rings. The van der Waals surface area contributed by atoms with Crippen molar-refractivity contribution >= 4 is 17.6 Å². The zero-order chi connectivity index (χ0) is 16.9. The number of nitrogens with zero attached hydrogens (tertiary/aromatic N) is 1. The summed E-state index contributed by atoms with van der Waals surface area (Å²) in [6.07, 6.45) is 1.88. The van der Waals surface area contributed by atoms with E-state index < -0.39 is 6.03 Å². The number of hydrogen-bond acceptors (Lipinski definition) is 5. The smallest absolute Gasteiger partial charge is 0.312 e. The Hall–Kier alpha value is -2.64. The standard InChI is InChI=1S/C16H22N4O4/c17-16(22)18-9-15(21)20-5-1-2-12(10-20)19-11-3-4-13-14(8-11)24-7-6-23-13/h3-4,8,12,19H,1-2,5-7,9-10H2,(H3,17,18,22)/t12-/m1/s1. The van der Waals surface area contributed by atoms with E-state index >= 15 is 0 Å². The second-order valence-corrected chi connectivity index (χ2v) is 5.90. The van der Waals surface area contributed by atoms with Crippen molar-refractivity contribution in [2.75, 3.05) is 38.2 Å². The van der Waals surface area contributed by atoms with Crippen molar-refractivity contribution in [2.45, 2.75) is 18.9 Å². The van der Waals surface area contributed by atoms with Crippen molar-refractivity contribution in [3.63, 3.8) is 0 Å². The molecule has 1 aromatic rings. The van der Waals surface area contributed by atoms with E-state index in [-0.39, 0.29) is 18.5 Å². The molecule has 130 valence electrons. The SMILES string of the molecule is NC(=O)NCC(=O)N1CCC[C@@H](Nc2ccc3c(c2)OCCO3)C1. The number of likely N-dealkylation sites (tertiary alicyclic amines) is 1. The Kier molecular flexibility index (Phi) is 4.93. The van der Waals surface area contributed by atoms with Crippen LogP contribution in [0.15, 0.2) is 18.2 Å². The highest BCUT2D eigenvalue weighted by molar-refractivity contribution is 5.83. The number of nitrogens with one attached hydrogen (secondary N) is 2.